The molecule has 13 nitrogen and oxygen atoms in total. The summed E-state index contributed by atoms with van der Waals surface area (Å²) in [6.45, 7) is 0.517. The Bertz CT molecular complexity index is 663. The molecule has 2 rings (SSSR count). The summed E-state index contributed by atoms with van der Waals surface area (Å²) in [4.78, 5) is 12.7. The lowest BCUT2D eigenvalue weighted by Crippen LogP contribution is -2.70. The van der Waals surface area contributed by atoms with Gasteiger partial charge in [-0.2, -0.15) is 0 Å². The van der Waals surface area contributed by atoms with Gasteiger partial charge in [0, 0.05) is 6.42 Å². The molecule has 0 bridgehead atoms. The van der Waals surface area contributed by atoms with Crippen LogP contribution in [0.25, 0.3) is 0 Å². The molecule has 0 aromatic carbocycles. The molecule has 13 heteroatoms. The maximum Gasteiger partial charge on any atom is 0.362 e. The quantitative estimate of drug-likeness (QED) is 0.0667. The molecule has 2 aliphatic rings. The lowest BCUT2D eigenvalue weighted by atomic mass is 9.96. The number of aliphatic hydroxyl groups excluding tert-OH is 8. The number of aliphatic hydroxyl groups is 8. The van der Waals surface area contributed by atoms with E-state index in [0.717, 1.165) is 25.7 Å². The van der Waals surface area contributed by atoms with E-state index in [1.54, 1.807) is 0 Å². The van der Waals surface area contributed by atoms with Crippen LogP contribution in [-0.2, 0) is 23.7 Å². The molecule has 2 saturated heterocycles. The minimum Gasteiger partial charge on any atom is -0.405 e. The molecule has 8 N–H and O–H groups in total. The highest BCUT2D eigenvalue weighted by Crippen LogP contribution is 2.36. The van der Waals surface area contributed by atoms with Gasteiger partial charge in [-0.1, -0.05) is 58.3 Å². The van der Waals surface area contributed by atoms with Crippen molar-refractivity contribution in [3.63, 3.8) is 0 Å². The highest BCUT2D eigenvalue weighted by Gasteiger charge is 2.60. The van der Waals surface area contributed by atoms with Crippen molar-refractivity contribution in [3.05, 3.63) is 0 Å². The van der Waals surface area contributed by atoms with Gasteiger partial charge in [-0.05, 0) is 6.42 Å². The molecule has 37 heavy (non-hydrogen) atoms. The summed E-state index contributed by atoms with van der Waals surface area (Å²) in [5.74, 6) is -3.75. The van der Waals surface area contributed by atoms with E-state index in [1.165, 1.54) is 25.7 Å². The van der Waals surface area contributed by atoms with Gasteiger partial charge in [-0.3, -0.25) is 9.53 Å². The summed E-state index contributed by atoms with van der Waals surface area (Å²) >= 11 is 0. The van der Waals surface area contributed by atoms with Gasteiger partial charge in [0.2, 0.25) is 0 Å². The van der Waals surface area contributed by atoms with Crippen LogP contribution in [0.3, 0.4) is 0 Å². The third-order valence-electron chi connectivity index (χ3n) is 6.78. The van der Waals surface area contributed by atoms with Crippen LogP contribution in [0.1, 0.15) is 71.1 Å². The van der Waals surface area contributed by atoms with E-state index in [2.05, 4.69) is 6.92 Å². The summed E-state index contributed by atoms with van der Waals surface area (Å²) in [5.41, 5.74) is 0. The SMILES string of the molecule is CCCCCCCCCCCC(=O)OC1(O[C@@H]2O[C@H](CO)[C@H](O)[C@H](O)[C@H]2O)O[C@H](CO)[C@@H](O)[C@H](O)[C@H]1O. The van der Waals surface area contributed by atoms with Crippen LogP contribution in [0, 0.1) is 0 Å². The lowest BCUT2D eigenvalue weighted by molar-refractivity contribution is -0.486. The molecule has 2 aliphatic heterocycles. The molecular formula is C24H44O13. The van der Waals surface area contributed by atoms with E-state index in [9.17, 15) is 45.6 Å². The van der Waals surface area contributed by atoms with Crippen molar-refractivity contribution in [2.75, 3.05) is 13.2 Å². The standard InChI is InChI=1S/C24H44O13/c1-2-3-4-5-6-7-8-9-10-11-16(27)36-24(22(33)20(31)18(29)15(13-26)35-24)37-23-21(32)19(30)17(28)14(12-25)34-23/h14-15,17-23,25-26,28-33H,2-13H2,1H3/t14-,15-,17+,18-,19+,20+,21-,22-,23+,24?/m1/s1. The van der Waals surface area contributed by atoms with Crippen molar-refractivity contribution in [2.24, 2.45) is 0 Å². The first-order valence-electron chi connectivity index (χ1n) is 13.1. The van der Waals surface area contributed by atoms with Gasteiger partial charge in [0.25, 0.3) is 0 Å². The second-order valence-corrected chi connectivity index (χ2v) is 9.74. The number of rotatable bonds is 15. The summed E-state index contributed by atoms with van der Waals surface area (Å²) in [7, 11) is 0. The van der Waals surface area contributed by atoms with Gasteiger partial charge in [-0.15, -0.1) is 0 Å². The van der Waals surface area contributed by atoms with E-state index in [1.807, 2.05) is 0 Å². The zero-order valence-electron chi connectivity index (χ0n) is 21.3. The van der Waals surface area contributed by atoms with Crippen LogP contribution in [0.5, 0.6) is 0 Å². The van der Waals surface area contributed by atoms with Crippen LogP contribution in [-0.4, -0.2) is 121 Å². The van der Waals surface area contributed by atoms with E-state index >= 15 is 0 Å². The molecule has 0 saturated carbocycles. The number of unbranched alkanes of at least 4 members (excludes halogenated alkanes) is 8. The van der Waals surface area contributed by atoms with Gasteiger partial charge in [0.1, 0.15) is 42.7 Å². The molecule has 0 aromatic rings. The molecule has 0 aliphatic carbocycles. The highest BCUT2D eigenvalue weighted by molar-refractivity contribution is 5.69. The van der Waals surface area contributed by atoms with E-state index in [0.29, 0.717) is 6.42 Å². The molecule has 218 valence electrons. The third-order valence-corrected chi connectivity index (χ3v) is 6.78. The Hall–Kier alpha value is -0.970. The Morgan fingerprint density at radius 3 is 1.84 bits per heavy atom. The molecule has 10 atom stereocenters. The number of hydrogen-bond donors (Lipinski definition) is 8. The van der Waals surface area contributed by atoms with Gasteiger partial charge in [0.15, 0.2) is 12.4 Å². The molecule has 0 aromatic heterocycles. The summed E-state index contributed by atoms with van der Waals surface area (Å²) < 4.78 is 21.4. The van der Waals surface area contributed by atoms with E-state index in [-0.39, 0.29) is 6.42 Å². The fourth-order valence-corrected chi connectivity index (χ4v) is 4.43. The Labute approximate surface area is 216 Å². The summed E-state index contributed by atoms with van der Waals surface area (Å²) in [5, 5.41) is 80.5. The zero-order valence-corrected chi connectivity index (χ0v) is 21.3. The van der Waals surface area contributed by atoms with Crippen LogP contribution in [0.4, 0.5) is 0 Å². The topological polar surface area (TPSA) is 216 Å². The minimum atomic E-state index is -2.85. The van der Waals surface area contributed by atoms with Crippen molar-refractivity contribution in [2.45, 2.75) is 132 Å². The van der Waals surface area contributed by atoms with Crippen LogP contribution in [0.15, 0.2) is 0 Å². The zero-order chi connectivity index (χ0) is 27.6. The van der Waals surface area contributed by atoms with Crippen molar-refractivity contribution in [1.29, 1.82) is 0 Å². The molecule has 0 spiro atoms. The molecule has 2 fully saturated rings. The largest absolute Gasteiger partial charge is 0.405 e. The molecule has 0 amide bonds. The van der Waals surface area contributed by atoms with Crippen molar-refractivity contribution in [3.8, 4) is 0 Å². The second kappa shape index (κ2) is 15.6. The Morgan fingerprint density at radius 1 is 0.730 bits per heavy atom. The molecule has 1 unspecified atom stereocenters. The van der Waals surface area contributed by atoms with Gasteiger partial charge < -0.3 is 55.1 Å². The third kappa shape index (κ3) is 8.51. The van der Waals surface area contributed by atoms with Crippen molar-refractivity contribution < 1.29 is 64.6 Å². The maximum absolute atomic E-state index is 12.7. The first-order valence-corrected chi connectivity index (χ1v) is 13.1. The Morgan fingerprint density at radius 2 is 1.27 bits per heavy atom. The Kier molecular flexibility index (Phi) is 13.6. The number of esters is 1. The predicted molar refractivity (Wildman–Crippen MR) is 125 cm³/mol. The average Bonchev–Trinajstić information content (AvgIpc) is 2.88. The fraction of sp³-hybridized carbons (Fsp3) is 0.958. The van der Waals surface area contributed by atoms with Crippen molar-refractivity contribution >= 4 is 5.97 Å². The monoisotopic (exact) mass is 540 g/mol. The van der Waals surface area contributed by atoms with Crippen LogP contribution >= 0.6 is 0 Å². The summed E-state index contributed by atoms with van der Waals surface area (Å²) in [6, 6.07) is 0. The molecule has 0 radical (unpaired) electrons. The van der Waals surface area contributed by atoms with Crippen LogP contribution in [0.2, 0.25) is 0 Å². The number of ether oxygens (including phenoxy) is 4. The highest BCUT2D eigenvalue weighted by atomic mass is 16.9. The predicted octanol–water partition coefficient (Wildman–Crippen LogP) is -1.61. The lowest BCUT2D eigenvalue weighted by Gasteiger charge is -2.49. The van der Waals surface area contributed by atoms with Crippen LogP contribution < -0.4 is 0 Å². The summed E-state index contributed by atoms with van der Waals surface area (Å²) in [6.07, 6.45) is -7.43. The maximum atomic E-state index is 12.7. The fourth-order valence-electron chi connectivity index (χ4n) is 4.43. The second-order valence-electron chi connectivity index (χ2n) is 9.74. The number of carbonyl (C=O) groups excluding carboxylic acids is 1. The van der Waals surface area contributed by atoms with Crippen molar-refractivity contribution in [1.82, 2.24) is 0 Å². The number of hydrogen-bond acceptors (Lipinski definition) is 13. The minimum absolute atomic E-state index is 0.103. The van der Waals surface area contributed by atoms with Gasteiger partial charge >= 0.3 is 11.9 Å². The number of carbonyl (C=O) groups is 1. The first-order chi connectivity index (χ1) is 17.6. The van der Waals surface area contributed by atoms with Gasteiger partial charge in [0.05, 0.1) is 13.2 Å². The average molecular weight is 541 g/mol. The Balaban J connectivity index is 2.06. The molecular weight excluding hydrogens is 496 g/mol. The smallest absolute Gasteiger partial charge is 0.362 e. The first kappa shape index (κ1) is 32.2. The normalized spacial score (nSPS) is 38.5. The van der Waals surface area contributed by atoms with Gasteiger partial charge in [-0.25, -0.2) is 0 Å². The van der Waals surface area contributed by atoms with E-state index in [4.69, 9.17) is 18.9 Å². The van der Waals surface area contributed by atoms with E-state index < -0.39 is 80.3 Å². The molecule has 2 heterocycles.